The molecule has 6 nitrogen and oxygen atoms in total. The first kappa shape index (κ1) is 19.6. The van der Waals surface area contributed by atoms with Crippen LogP contribution in [0.25, 0.3) is 0 Å². The largest absolute Gasteiger partial charge is 0.491 e. The molecule has 0 unspecified atom stereocenters. The Kier molecular flexibility index (Phi) is 7.29. The van der Waals surface area contributed by atoms with E-state index in [0.717, 1.165) is 11.3 Å². The number of rotatable bonds is 7. The molecule has 0 aliphatic rings. The molecule has 0 aliphatic carbocycles. The van der Waals surface area contributed by atoms with E-state index in [0.29, 0.717) is 36.0 Å². The summed E-state index contributed by atoms with van der Waals surface area (Å²) < 4.78 is 10.5. The van der Waals surface area contributed by atoms with Crippen molar-refractivity contribution >= 4 is 29.3 Å². The first-order valence-electron chi connectivity index (χ1n) is 8.20. The van der Waals surface area contributed by atoms with Crippen LogP contribution in [0.1, 0.15) is 22.8 Å². The van der Waals surface area contributed by atoms with Crippen LogP contribution >= 0.6 is 11.6 Å². The highest BCUT2D eigenvalue weighted by atomic mass is 35.5. The average molecular weight is 377 g/mol. The van der Waals surface area contributed by atoms with Gasteiger partial charge in [0.05, 0.1) is 18.7 Å². The molecule has 26 heavy (non-hydrogen) atoms. The summed E-state index contributed by atoms with van der Waals surface area (Å²) in [4.78, 5) is 23.4. The molecule has 0 saturated carbocycles. The van der Waals surface area contributed by atoms with Crippen molar-refractivity contribution in [2.45, 2.75) is 13.8 Å². The Hall–Kier alpha value is -2.73. The summed E-state index contributed by atoms with van der Waals surface area (Å²) in [7, 11) is 0. The van der Waals surface area contributed by atoms with Gasteiger partial charge in [0.15, 0.2) is 0 Å². The lowest BCUT2D eigenvalue weighted by atomic mass is 10.2. The molecule has 2 aromatic rings. The lowest BCUT2D eigenvalue weighted by Crippen LogP contribution is -2.32. The lowest BCUT2D eigenvalue weighted by molar-refractivity contribution is 0.0526. The summed E-state index contributed by atoms with van der Waals surface area (Å²) in [6.45, 7) is 4.64. The van der Waals surface area contributed by atoms with Crippen LogP contribution in [-0.2, 0) is 4.74 Å². The number of carbonyl (C=O) groups excluding carboxylic acids is 2. The molecule has 2 aromatic carbocycles. The minimum atomic E-state index is -0.391. The third kappa shape index (κ3) is 5.97. The molecule has 0 aromatic heterocycles. The Morgan fingerprint density at radius 1 is 1.12 bits per heavy atom. The maximum Gasteiger partial charge on any atom is 0.338 e. The molecule has 0 radical (unpaired) electrons. The predicted octanol–water partition coefficient (Wildman–Crippen LogP) is 4.03. The number of ether oxygens (including phenoxy) is 2. The number of aryl methyl sites for hydroxylation is 1. The van der Waals surface area contributed by atoms with Gasteiger partial charge in [-0.05, 0) is 61.9 Å². The molecule has 138 valence electrons. The van der Waals surface area contributed by atoms with E-state index in [4.69, 9.17) is 21.1 Å². The van der Waals surface area contributed by atoms with Gasteiger partial charge >= 0.3 is 12.0 Å². The molecule has 0 aliphatic heterocycles. The number of halogens is 1. The summed E-state index contributed by atoms with van der Waals surface area (Å²) in [5.74, 6) is 0.337. The standard InChI is InChI=1S/C19H21ClN2O4/c1-3-25-18(23)14-4-7-16(8-5-14)22-19(24)21-10-11-26-17-9-6-15(20)12-13(17)2/h4-9,12H,3,10-11H2,1-2H3,(H2,21,22,24). The van der Waals surface area contributed by atoms with Crippen LogP contribution in [0.2, 0.25) is 5.02 Å². The second-order valence-electron chi connectivity index (χ2n) is 5.44. The highest BCUT2D eigenvalue weighted by Crippen LogP contribution is 2.21. The molecule has 2 amide bonds. The summed E-state index contributed by atoms with van der Waals surface area (Å²) in [6.07, 6.45) is 0. The zero-order chi connectivity index (χ0) is 18.9. The van der Waals surface area contributed by atoms with Gasteiger partial charge in [-0.15, -0.1) is 0 Å². The van der Waals surface area contributed by atoms with Gasteiger partial charge in [0.2, 0.25) is 0 Å². The van der Waals surface area contributed by atoms with Gasteiger partial charge in [0.1, 0.15) is 12.4 Å². The predicted molar refractivity (Wildman–Crippen MR) is 101 cm³/mol. The Morgan fingerprint density at radius 3 is 2.50 bits per heavy atom. The van der Waals surface area contributed by atoms with Gasteiger partial charge in [-0.2, -0.15) is 0 Å². The minimum Gasteiger partial charge on any atom is -0.491 e. The monoisotopic (exact) mass is 376 g/mol. The van der Waals surface area contributed by atoms with Crippen LogP contribution in [0.3, 0.4) is 0 Å². The SMILES string of the molecule is CCOC(=O)c1ccc(NC(=O)NCCOc2ccc(Cl)cc2C)cc1. The first-order valence-corrected chi connectivity index (χ1v) is 8.58. The average Bonchev–Trinajstić information content (AvgIpc) is 2.61. The van der Waals surface area contributed by atoms with Crippen molar-refractivity contribution in [3.8, 4) is 5.75 Å². The van der Waals surface area contributed by atoms with E-state index in [1.54, 1.807) is 43.3 Å². The fourth-order valence-electron chi connectivity index (χ4n) is 2.18. The molecule has 0 fully saturated rings. The smallest absolute Gasteiger partial charge is 0.338 e. The zero-order valence-electron chi connectivity index (χ0n) is 14.7. The first-order chi connectivity index (χ1) is 12.5. The fourth-order valence-corrected chi connectivity index (χ4v) is 2.41. The van der Waals surface area contributed by atoms with Crippen LogP contribution in [0.15, 0.2) is 42.5 Å². The van der Waals surface area contributed by atoms with Crippen molar-refractivity contribution in [1.82, 2.24) is 5.32 Å². The van der Waals surface area contributed by atoms with E-state index >= 15 is 0 Å². The molecule has 0 spiro atoms. The number of hydrogen-bond acceptors (Lipinski definition) is 4. The molecule has 0 atom stereocenters. The molecular weight excluding hydrogens is 356 g/mol. The summed E-state index contributed by atoms with van der Waals surface area (Å²) >= 11 is 5.89. The number of urea groups is 1. The number of carbonyl (C=O) groups is 2. The molecule has 2 N–H and O–H groups in total. The number of esters is 1. The third-order valence-electron chi connectivity index (χ3n) is 3.44. The van der Waals surface area contributed by atoms with E-state index in [1.807, 2.05) is 13.0 Å². The normalized spacial score (nSPS) is 10.1. The van der Waals surface area contributed by atoms with Crippen molar-refractivity contribution in [1.29, 1.82) is 0 Å². The fraction of sp³-hybridized carbons (Fsp3) is 0.263. The van der Waals surface area contributed by atoms with E-state index in [9.17, 15) is 9.59 Å². The summed E-state index contributed by atoms with van der Waals surface area (Å²) in [5, 5.41) is 6.03. The van der Waals surface area contributed by atoms with Crippen LogP contribution in [0.4, 0.5) is 10.5 Å². The van der Waals surface area contributed by atoms with Crippen molar-refractivity contribution in [2.24, 2.45) is 0 Å². The van der Waals surface area contributed by atoms with Crippen LogP contribution < -0.4 is 15.4 Å². The van der Waals surface area contributed by atoms with Crippen molar-refractivity contribution in [3.63, 3.8) is 0 Å². The topological polar surface area (TPSA) is 76.7 Å². The Labute approximate surface area is 157 Å². The van der Waals surface area contributed by atoms with Crippen molar-refractivity contribution < 1.29 is 19.1 Å². The Balaban J connectivity index is 1.74. The van der Waals surface area contributed by atoms with Gasteiger partial charge in [-0.3, -0.25) is 0 Å². The number of hydrogen-bond donors (Lipinski definition) is 2. The van der Waals surface area contributed by atoms with Gasteiger partial charge in [0, 0.05) is 10.7 Å². The van der Waals surface area contributed by atoms with E-state index in [1.165, 1.54) is 0 Å². The van der Waals surface area contributed by atoms with E-state index < -0.39 is 5.97 Å². The zero-order valence-corrected chi connectivity index (χ0v) is 15.4. The maximum absolute atomic E-state index is 11.9. The second-order valence-corrected chi connectivity index (χ2v) is 5.87. The highest BCUT2D eigenvalue weighted by molar-refractivity contribution is 6.30. The highest BCUT2D eigenvalue weighted by Gasteiger charge is 2.07. The molecule has 7 heteroatoms. The molecular formula is C19H21ClN2O4. The van der Waals surface area contributed by atoms with Crippen LogP contribution in [0.5, 0.6) is 5.75 Å². The summed E-state index contributed by atoms with van der Waals surface area (Å²) in [5.41, 5.74) is 1.94. The third-order valence-corrected chi connectivity index (χ3v) is 3.67. The van der Waals surface area contributed by atoms with Crippen molar-refractivity contribution in [2.75, 3.05) is 25.1 Å². The number of anilines is 1. The Morgan fingerprint density at radius 2 is 1.85 bits per heavy atom. The minimum absolute atomic E-state index is 0.318. The van der Waals surface area contributed by atoms with Gasteiger partial charge in [-0.25, -0.2) is 9.59 Å². The van der Waals surface area contributed by atoms with Gasteiger partial charge < -0.3 is 20.1 Å². The van der Waals surface area contributed by atoms with Crippen LogP contribution in [-0.4, -0.2) is 31.8 Å². The number of nitrogens with one attached hydrogen (secondary N) is 2. The van der Waals surface area contributed by atoms with E-state index in [-0.39, 0.29) is 6.03 Å². The molecule has 0 saturated heterocycles. The number of amides is 2. The second kappa shape index (κ2) is 9.68. The maximum atomic E-state index is 11.9. The molecule has 2 rings (SSSR count). The van der Waals surface area contributed by atoms with E-state index in [2.05, 4.69) is 10.6 Å². The quantitative estimate of drug-likeness (QED) is 0.565. The van der Waals surface area contributed by atoms with Crippen LogP contribution in [0, 0.1) is 6.92 Å². The molecule has 0 bridgehead atoms. The molecule has 0 heterocycles. The van der Waals surface area contributed by atoms with Gasteiger partial charge in [0.25, 0.3) is 0 Å². The van der Waals surface area contributed by atoms with Gasteiger partial charge in [-0.1, -0.05) is 11.6 Å². The van der Waals surface area contributed by atoms with Crippen molar-refractivity contribution in [3.05, 3.63) is 58.6 Å². The Bertz CT molecular complexity index is 763. The number of benzene rings is 2. The summed E-state index contributed by atoms with van der Waals surface area (Å²) in [6, 6.07) is 11.5. The lowest BCUT2D eigenvalue weighted by Gasteiger charge is -2.11.